The molecule has 1 atom stereocenters. The maximum atomic E-state index is 12.5. The van der Waals surface area contributed by atoms with Gasteiger partial charge in [-0.2, -0.15) is 0 Å². The van der Waals surface area contributed by atoms with E-state index in [1.165, 1.54) is 44.9 Å². The van der Waals surface area contributed by atoms with E-state index in [4.69, 9.17) is 0 Å². The number of rotatable bonds is 5. The Morgan fingerprint density at radius 1 is 1.00 bits per heavy atom. The molecule has 2 saturated heterocycles. The second kappa shape index (κ2) is 7.47. The molecule has 0 radical (unpaired) electrons. The minimum absolute atomic E-state index is 0.230. The maximum absolute atomic E-state index is 12.5. The molecule has 0 spiro atoms. The molecule has 3 aliphatic rings. The Bertz CT molecular complexity index is 404. The number of nitrogens with zero attached hydrogens (tertiary/aromatic N) is 2. The van der Waals surface area contributed by atoms with Gasteiger partial charge >= 0.3 is 0 Å². The molecule has 124 valence electrons. The zero-order chi connectivity index (χ0) is 15.4. The van der Waals surface area contributed by atoms with Crippen LogP contribution in [-0.2, 0) is 9.59 Å². The summed E-state index contributed by atoms with van der Waals surface area (Å²) in [6.07, 6.45) is 12.6. The molecule has 2 amide bonds. The van der Waals surface area contributed by atoms with Crippen LogP contribution in [0.1, 0.15) is 70.6 Å². The van der Waals surface area contributed by atoms with E-state index < -0.39 is 0 Å². The zero-order valence-corrected chi connectivity index (χ0v) is 13.8. The van der Waals surface area contributed by atoms with Crippen molar-refractivity contribution in [3.8, 4) is 0 Å². The first-order valence-corrected chi connectivity index (χ1v) is 9.31. The second-order valence-electron chi connectivity index (χ2n) is 7.36. The standard InChI is InChI=1S/C18H30N2O2/c21-17-9-5-11-19(17)13-10-18(22)20-12-4-8-16(20)14-15-6-2-1-3-7-15/h15-16H,1-14H2. The molecule has 0 aromatic carbocycles. The Hall–Kier alpha value is -1.06. The fraction of sp³-hybridized carbons (Fsp3) is 0.889. The van der Waals surface area contributed by atoms with Gasteiger partial charge in [-0.1, -0.05) is 32.1 Å². The van der Waals surface area contributed by atoms with Crippen LogP contribution in [0.25, 0.3) is 0 Å². The quantitative estimate of drug-likeness (QED) is 0.783. The van der Waals surface area contributed by atoms with Crippen molar-refractivity contribution in [3.05, 3.63) is 0 Å². The topological polar surface area (TPSA) is 40.6 Å². The summed E-state index contributed by atoms with van der Waals surface area (Å²) in [7, 11) is 0. The van der Waals surface area contributed by atoms with Gasteiger partial charge in [-0.3, -0.25) is 9.59 Å². The first-order valence-electron chi connectivity index (χ1n) is 9.31. The van der Waals surface area contributed by atoms with Crippen molar-refractivity contribution in [2.24, 2.45) is 5.92 Å². The lowest BCUT2D eigenvalue weighted by molar-refractivity contribution is -0.133. The van der Waals surface area contributed by atoms with Crippen molar-refractivity contribution in [1.29, 1.82) is 0 Å². The molecule has 0 bridgehead atoms. The highest BCUT2D eigenvalue weighted by Gasteiger charge is 2.31. The van der Waals surface area contributed by atoms with Crippen LogP contribution in [0.15, 0.2) is 0 Å². The van der Waals surface area contributed by atoms with E-state index in [9.17, 15) is 9.59 Å². The normalized spacial score (nSPS) is 26.9. The molecule has 22 heavy (non-hydrogen) atoms. The van der Waals surface area contributed by atoms with Crippen LogP contribution in [-0.4, -0.2) is 47.3 Å². The lowest BCUT2D eigenvalue weighted by atomic mass is 9.84. The fourth-order valence-corrected chi connectivity index (χ4v) is 4.53. The average molecular weight is 306 g/mol. The Labute approximate surface area is 134 Å². The van der Waals surface area contributed by atoms with E-state index in [1.54, 1.807) is 0 Å². The van der Waals surface area contributed by atoms with Gasteiger partial charge < -0.3 is 9.80 Å². The lowest BCUT2D eigenvalue weighted by Gasteiger charge is -2.30. The number of likely N-dealkylation sites (tertiary alicyclic amines) is 2. The molecule has 2 heterocycles. The summed E-state index contributed by atoms with van der Waals surface area (Å²) in [6.45, 7) is 2.41. The highest BCUT2D eigenvalue weighted by molar-refractivity contribution is 5.80. The van der Waals surface area contributed by atoms with Gasteiger partial charge in [0.1, 0.15) is 0 Å². The molecule has 4 heteroatoms. The first kappa shape index (κ1) is 15.8. The van der Waals surface area contributed by atoms with Gasteiger partial charge in [-0.05, 0) is 31.6 Å². The number of carbonyl (C=O) groups excluding carboxylic acids is 2. The monoisotopic (exact) mass is 306 g/mol. The summed E-state index contributed by atoms with van der Waals surface area (Å²) in [4.78, 5) is 28.2. The van der Waals surface area contributed by atoms with Crippen molar-refractivity contribution in [3.63, 3.8) is 0 Å². The molecule has 3 fully saturated rings. The molecular formula is C18H30N2O2. The molecule has 1 saturated carbocycles. The predicted molar refractivity (Wildman–Crippen MR) is 86.4 cm³/mol. The van der Waals surface area contributed by atoms with Gasteiger partial charge in [0.05, 0.1) is 0 Å². The fourth-order valence-electron chi connectivity index (χ4n) is 4.53. The van der Waals surface area contributed by atoms with Crippen LogP contribution in [0, 0.1) is 5.92 Å². The van der Waals surface area contributed by atoms with E-state index >= 15 is 0 Å². The van der Waals surface area contributed by atoms with Crippen molar-refractivity contribution in [1.82, 2.24) is 9.80 Å². The van der Waals surface area contributed by atoms with Crippen molar-refractivity contribution in [2.45, 2.75) is 76.7 Å². The summed E-state index contributed by atoms with van der Waals surface area (Å²) in [5.74, 6) is 1.35. The molecule has 1 aliphatic carbocycles. The van der Waals surface area contributed by atoms with Crippen LogP contribution in [0.5, 0.6) is 0 Å². The zero-order valence-electron chi connectivity index (χ0n) is 13.8. The summed E-state index contributed by atoms with van der Waals surface area (Å²) in [5.41, 5.74) is 0. The Kier molecular flexibility index (Phi) is 5.37. The SMILES string of the molecule is O=C1CCCN1CCC(=O)N1CCCC1CC1CCCCC1. The summed E-state index contributed by atoms with van der Waals surface area (Å²) in [5, 5.41) is 0. The van der Waals surface area contributed by atoms with Crippen LogP contribution in [0.4, 0.5) is 0 Å². The summed E-state index contributed by atoms with van der Waals surface area (Å²) in [6, 6.07) is 0.477. The molecule has 1 unspecified atom stereocenters. The van der Waals surface area contributed by atoms with Crippen LogP contribution >= 0.6 is 0 Å². The predicted octanol–water partition coefficient (Wildman–Crippen LogP) is 2.96. The summed E-state index contributed by atoms with van der Waals surface area (Å²) >= 11 is 0. The molecule has 0 aromatic heterocycles. The third-order valence-corrected chi connectivity index (χ3v) is 5.79. The Morgan fingerprint density at radius 3 is 2.55 bits per heavy atom. The highest BCUT2D eigenvalue weighted by atomic mass is 16.2. The van der Waals surface area contributed by atoms with Crippen molar-refractivity contribution < 1.29 is 9.59 Å². The van der Waals surface area contributed by atoms with E-state index in [0.29, 0.717) is 25.4 Å². The number of amides is 2. The molecule has 2 aliphatic heterocycles. The molecule has 3 rings (SSSR count). The van der Waals surface area contributed by atoms with E-state index in [-0.39, 0.29) is 11.8 Å². The summed E-state index contributed by atoms with van der Waals surface area (Å²) < 4.78 is 0. The molecule has 0 N–H and O–H groups in total. The van der Waals surface area contributed by atoms with Gasteiger partial charge in [0.25, 0.3) is 0 Å². The Morgan fingerprint density at radius 2 is 1.82 bits per heavy atom. The minimum Gasteiger partial charge on any atom is -0.342 e. The van der Waals surface area contributed by atoms with Crippen LogP contribution < -0.4 is 0 Å². The smallest absolute Gasteiger partial charge is 0.224 e. The van der Waals surface area contributed by atoms with Crippen LogP contribution in [0.2, 0.25) is 0 Å². The lowest BCUT2D eigenvalue weighted by Crippen LogP contribution is -2.39. The van der Waals surface area contributed by atoms with Crippen molar-refractivity contribution >= 4 is 11.8 Å². The van der Waals surface area contributed by atoms with Crippen molar-refractivity contribution in [2.75, 3.05) is 19.6 Å². The van der Waals surface area contributed by atoms with Gasteiger partial charge in [0, 0.05) is 38.5 Å². The second-order valence-corrected chi connectivity index (χ2v) is 7.36. The largest absolute Gasteiger partial charge is 0.342 e. The van der Waals surface area contributed by atoms with Crippen LogP contribution in [0.3, 0.4) is 0 Å². The highest BCUT2D eigenvalue weighted by Crippen LogP contribution is 2.32. The third-order valence-electron chi connectivity index (χ3n) is 5.79. The third kappa shape index (κ3) is 3.82. The average Bonchev–Trinajstić information content (AvgIpc) is 3.15. The van der Waals surface area contributed by atoms with Gasteiger partial charge in [0.2, 0.25) is 11.8 Å². The first-order chi connectivity index (χ1) is 10.7. The van der Waals surface area contributed by atoms with E-state index in [0.717, 1.165) is 31.8 Å². The van der Waals surface area contributed by atoms with E-state index in [1.807, 2.05) is 4.90 Å². The van der Waals surface area contributed by atoms with E-state index in [2.05, 4.69) is 4.90 Å². The van der Waals surface area contributed by atoms with Gasteiger partial charge in [0.15, 0.2) is 0 Å². The van der Waals surface area contributed by atoms with Gasteiger partial charge in [-0.25, -0.2) is 0 Å². The Balaban J connectivity index is 1.46. The minimum atomic E-state index is 0.230. The number of hydrogen-bond acceptors (Lipinski definition) is 2. The van der Waals surface area contributed by atoms with Gasteiger partial charge in [-0.15, -0.1) is 0 Å². The molecule has 4 nitrogen and oxygen atoms in total. The number of carbonyl (C=O) groups is 2. The molecule has 0 aromatic rings. The molecular weight excluding hydrogens is 276 g/mol. The number of hydrogen-bond donors (Lipinski definition) is 0. The maximum Gasteiger partial charge on any atom is 0.224 e.